The third-order valence-electron chi connectivity index (χ3n) is 6.85. The van der Waals surface area contributed by atoms with Crippen molar-refractivity contribution in [3.8, 4) is 0 Å². The van der Waals surface area contributed by atoms with E-state index >= 15 is 0 Å². The standard InChI is InChI=1S/C27H42N2O5S3.C2HF3O2/c1-4-24(30)34-27(26(32)33-2,22-13-9-6-10-14-22)29-25(31)21(17-20-11-7-5-8-12-20)18-36-37-19-23(28)15-16-35-3;3-2(4,5)1(6)7/h5,7-8,11-12,21-23H,4,6,9-10,13-19,28H2,1-3H3,(H,29,31);(H,6,7). The van der Waals surface area contributed by atoms with Crippen molar-refractivity contribution in [3.63, 3.8) is 0 Å². The number of quaternary nitrogens is 1. The number of aliphatic carboxylic acids is 1. The maximum Gasteiger partial charge on any atom is 0.430 e. The topological polar surface area (TPSA) is 149 Å². The first-order valence-corrected chi connectivity index (χ1v) is 18.2. The van der Waals surface area contributed by atoms with Gasteiger partial charge in [-0.15, -0.1) is 0 Å². The zero-order valence-electron chi connectivity index (χ0n) is 25.3. The molecule has 3 atom stereocenters. The number of nitrogens with one attached hydrogen (secondary N) is 1. The predicted octanol–water partition coefficient (Wildman–Crippen LogP) is 3.41. The number of hydrogen-bond acceptors (Lipinski definition) is 10. The molecular weight excluding hydrogens is 642 g/mol. The van der Waals surface area contributed by atoms with Crippen LogP contribution in [0.4, 0.5) is 13.2 Å². The van der Waals surface area contributed by atoms with Crippen molar-refractivity contribution in [3.05, 3.63) is 35.9 Å². The van der Waals surface area contributed by atoms with Gasteiger partial charge in [0.2, 0.25) is 5.91 Å². The number of alkyl halides is 3. The van der Waals surface area contributed by atoms with Gasteiger partial charge in [-0.3, -0.25) is 9.59 Å². The highest BCUT2D eigenvalue weighted by molar-refractivity contribution is 8.76. The van der Waals surface area contributed by atoms with E-state index in [1.807, 2.05) is 42.1 Å². The first-order valence-electron chi connectivity index (χ1n) is 14.3. The number of carboxylic acid groups (broad SMARTS) is 1. The predicted molar refractivity (Wildman–Crippen MR) is 165 cm³/mol. The summed E-state index contributed by atoms with van der Waals surface area (Å²) >= 11 is 1.82. The Morgan fingerprint density at radius 3 is 2.18 bits per heavy atom. The highest BCUT2D eigenvalue weighted by Crippen LogP contribution is 2.36. The van der Waals surface area contributed by atoms with Crippen LogP contribution in [0.25, 0.3) is 0 Å². The number of thioether (sulfide) groups is 1. The first-order chi connectivity index (χ1) is 20.8. The lowest BCUT2D eigenvalue weighted by atomic mass is 9.80. The van der Waals surface area contributed by atoms with Gasteiger partial charge in [0.25, 0.3) is 5.72 Å². The van der Waals surface area contributed by atoms with Crippen LogP contribution in [0.1, 0.15) is 57.4 Å². The average molecular weight is 685 g/mol. The molecule has 0 heterocycles. The molecule has 0 spiro atoms. The normalized spacial score (nSPS) is 16.3. The average Bonchev–Trinajstić information content (AvgIpc) is 3.01. The Balaban J connectivity index is 0.00000123. The second kappa shape index (κ2) is 20.8. The van der Waals surface area contributed by atoms with Gasteiger partial charge in [-0.05, 0) is 36.8 Å². The van der Waals surface area contributed by atoms with Crippen molar-refractivity contribution >= 4 is 57.2 Å². The van der Waals surface area contributed by atoms with Crippen LogP contribution in [-0.2, 0) is 35.1 Å². The fourth-order valence-electron chi connectivity index (χ4n) is 4.44. The molecule has 0 radical (unpaired) electrons. The lowest BCUT2D eigenvalue weighted by molar-refractivity contribution is -0.412. The van der Waals surface area contributed by atoms with Crippen molar-refractivity contribution < 1.29 is 52.7 Å². The van der Waals surface area contributed by atoms with E-state index in [-0.39, 0.29) is 18.2 Å². The number of methoxy groups -OCH3 is 1. The maximum atomic E-state index is 13.8. The number of ether oxygens (including phenoxy) is 2. The molecule has 4 N–H and O–H groups in total. The minimum Gasteiger partial charge on any atom is -0.542 e. The van der Waals surface area contributed by atoms with E-state index in [1.165, 1.54) is 7.11 Å². The summed E-state index contributed by atoms with van der Waals surface area (Å²) < 4.78 is 42.4. The smallest absolute Gasteiger partial charge is 0.430 e. The number of benzene rings is 1. The fraction of sp³-hybridized carbons (Fsp3) is 0.655. The van der Waals surface area contributed by atoms with Crippen molar-refractivity contribution in [2.24, 2.45) is 11.8 Å². The molecule has 1 saturated carbocycles. The monoisotopic (exact) mass is 684 g/mol. The zero-order chi connectivity index (χ0) is 33.2. The number of hydrogen-bond donors (Lipinski definition) is 2. The molecule has 15 heteroatoms. The summed E-state index contributed by atoms with van der Waals surface area (Å²) in [7, 11) is 4.65. The van der Waals surface area contributed by atoms with E-state index in [2.05, 4.69) is 17.3 Å². The molecule has 2 rings (SSSR count). The molecule has 1 aromatic rings. The Hall–Kier alpha value is -2.10. The highest BCUT2D eigenvalue weighted by atomic mass is 33.1. The number of rotatable bonds is 16. The van der Waals surface area contributed by atoms with Gasteiger partial charge >= 0.3 is 18.1 Å². The van der Waals surface area contributed by atoms with Crippen LogP contribution < -0.4 is 16.2 Å². The lowest BCUT2D eigenvalue weighted by Gasteiger charge is -2.40. The number of amides is 1. The van der Waals surface area contributed by atoms with E-state index in [4.69, 9.17) is 19.4 Å². The summed E-state index contributed by atoms with van der Waals surface area (Å²) in [5, 5.41) is 11.7. The summed E-state index contributed by atoms with van der Waals surface area (Å²) in [6, 6.07) is 10.2. The minimum atomic E-state index is -5.19. The van der Waals surface area contributed by atoms with Crippen LogP contribution >= 0.6 is 33.3 Å². The summed E-state index contributed by atoms with van der Waals surface area (Å²) in [4.78, 5) is 48.3. The Bertz CT molecular complexity index is 1030. The molecule has 3 unspecified atom stereocenters. The molecule has 0 saturated heterocycles. The molecule has 44 heavy (non-hydrogen) atoms. The molecular formula is C29H43F3N2O7S3. The Morgan fingerprint density at radius 2 is 1.66 bits per heavy atom. The molecule has 250 valence electrons. The molecule has 0 aliphatic heterocycles. The fourth-order valence-corrected chi connectivity index (χ4v) is 7.64. The largest absolute Gasteiger partial charge is 0.542 e. The molecule has 1 aromatic carbocycles. The summed E-state index contributed by atoms with van der Waals surface area (Å²) in [6.07, 6.45) is 2.82. The number of halogens is 3. The van der Waals surface area contributed by atoms with Crippen LogP contribution in [0.3, 0.4) is 0 Å². The molecule has 1 fully saturated rings. The van der Waals surface area contributed by atoms with E-state index in [9.17, 15) is 27.6 Å². The highest BCUT2D eigenvalue weighted by Gasteiger charge is 2.52. The summed E-state index contributed by atoms with van der Waals surface area (Å²) in [5.74, 6) is -2.74. The summed E-state index contributed by atoms with van der Waals surface area (Å²) in [6.45, 7) is 1.67. The second-order valence-corrected chi connectivity index (χ2v) is 13.8. The van der Waals surface area contributed by atoms with Crippen molar-refractivity contribution in [2.45, 2.75) is 76.2 Å². The molecule has 0 bridgehead atoms. The molecule has 1 aliphatic rings. The SMILES string of the molecule is CCC(=O)OC(NC(=O)C(CSSCC([NH3+])CCSC)Cc1ccccc1)(C(=O)OC)C1CCCCC1.O=C([O-])C(F)(F)F. The number of carbonyl (C=O) groups excluding carboxylic acids is 4. The van der Waals surface area contributed by atoms with Gasteiger partial charge < -0.3 is 30.4 Å². The van der Waals surface area contributed by atoms with Gasteiger partial charge in [0.05, 0.1) is 24.8 Å². The van der Waals surface area contributed by atoms with Gasteiger partial charge in [-0.25, -0.2) is 4.79 Å². The van der Waals surface area contributed by atoms with Gasteiger partial charge in [0.15, 0.2) is 0 Å². The number of esters is 2. The third-order valence-corrected chi connectivity index (χ3v) is 10.1. The van der Waals surface area contributed by atoms with Crippen LogP contribution in [0.15, 0.2) is 30.3 Å². The van der Waals surface area contributed by atoms with E-state index in [1.54, 1.807) is 28.5 Å². The van der Waals surface area contributed by atoms with Gasteiger partial charge in [0, 0.05) is 24.5 Å². The van der Waals surface area contributed by atoms with E-state index < -0.39 is 35.7 Å². The van der Waals surface area contributed by atoms with Crippen LogP contribution in [-0.4, -0.2) is 72.4 Å². The van der Waals surface area contributed by atoms with Gasteiger partial charge in [0.1, 0.15) is 5.97 Å². The van der Waals surface area contributed by atoms with Crippen LogP contribution in [0.2, 0.25) is 0 Å². The van der Waals surface area contributed by atoms with E-state index in [0.717, 1.165) is 42.8 Å². The number of carboxylic acids is 1. The second-order valence-electron chi connectivity index (χ2n) is 10.3. The Kier molecular flexibility index (Phi) is 18.9. The van der Waals surface area contributed by atoms with Crippen LogP contribution in [0.5, 0.6) is 0 Å². The molecule has 0 aromatic heterocycles. The Labute approximate surface area is 269 Å². The van der Waals surface area contributed by atoms with Crippen molar-refractivity contribution in [1.29, 1.82) is 0 Å². The summed E-state index contributed by atoms with van der Waals surface area (Å²) in [5.41, 5.74) is 3.47. The molecule has 9 nitrogen and oxygen atoms in total. The quantitative estimate of drug-likeness (QED) is 0.115. The molecule has 1 amide bonds. The van der Waals surface area contributed by atoms with Crippen LogP contribution in [0, 0.1) is 11.8 Å². The van der Waals surface area contributed by atoms with Crippen molar-refractivity contribution in [1.82, 2.24) is 5.32 Å². The molecule has 1 aliphatic carbocycles. The number of carbonyl (C=O) groups is 4. The first kappa shape index (κ1) is 39.9. The third kappa shape index (κ3) is 14.3. The van der Waals surface area contributed by atoms with Gasteiger partial charge in [-0.1, -0.05) is 78.1 Å². The minimum absolute atomic E-state index is 0.101. The Morgan fingerprint density at radius 1 is 1.07 bits per heavy atom. The van der Waals surface area contributed by atoms with E-state index in [0.29, 0.717) is 31.1 Å². The maximum absolute atomic E-state index is 13.8. The van der Waals surface area contributed by atoms with Gasteiger partial charge in [-0.2, -0.15) is 24.9 Å². The lowest BCUT2D eigenvalue weighted by Crippen LogP contribution is -2.64. The zero-order valence-corrected chi connectivity index (χ0v) is 27.8. The van der Waals surface area contributed by atoms with Crippen molar-refractivity contribution in [2.75, 3.05) is 30.6 Å².